The zero-order valence-electron chi connectivity index (χ0n) is 5.70. The lowest BCUT2D eigenvalue weighted by Crippen LogP contribution is -1.80. The summed E-state index contributed by atoms with van der Waals surface area (Å²) in [4.78, 5) is 0. The van der Waals surface area contributed by atoms with Crippen LogP contribution in [0.4, 0.5) is 8.78 Å². The number of aryl methyl sites for hydroxylation is 1. The lowest BCUT2D eigenvalue weighted by atomic mass is 10.2. The average molecular weight is 145 g/mol. The number of hydrogen-bond acceptors (Lipinski definition) is 1. The van der Waals surface area contributed by atoms with Gasteiger partial charge in [0, 0.05) is 6.07 Å². The number of halogens is 2. The van der Waals surface area contributed by atoms with Crippen molar-refractivity contribution in [3.8, 4) is 0 Å². The summed E-state index contributed by atoms with van der Waals surface area (Å²) in [6.07, 6.45) is 0. The fraction of sp³-hybridized carbons (Fsp3) is 0.143. The molecule has 0 radical (unpaired) electrons. The Kier molecular flexibility index (Phi) is 2.96. The maximum Gasteiger partial charge on any atom is 0.126 e. The van der Waals surface area contributed by atoms with Crippen LogP contribution in [0.1, 0.15) is 5.56 Å². The van der Waals surface area contributed by atoms with Crippen molar-refractivity contribution in [2.45, 2.75) is 6.92 Å². The van der Waals surface area contributed by atoms with Gasteiger partial charge in [-0.05, 0) is 24.6 Å². The maximum atomic E-state index is 12.2. The molecule has 3 heteroatoms. The van der Waals surface area contributed by atoms with Gasteiger partial charge >= 0.3 is 0 Å². The van der Waals surface area contributed by atoms with Crippen LogP contribution in [0, 0.1) is 18.6 Å². The summed E-state index contributed by atoms with van der Waals surface area (Å²) in [5.74, 6) is -1.04. The highest BCUT2D eigenvalue weighted by Crippen LogP contribution is 2.05. The summed E-state index contributed by atoms with van der Waals surface area (Å²) < 4.78 is 24.4. The van der Waals surface area contributed by atoms with Gasteiger partial charge < -0.3 is 6.15 Å². The Bertz CT molecular complexity index is 172. The minimum atomic E-state index is -0.521. The molecule has 0 aromatic heterocycles. The summed E-state index contributed by atoms with van der Waals surface area (Å²) >= 11 is 0. The molecule has 0 bridgehead atoms. The Hall–Kier alpha value is -0.960. The molecule has 1 rings (SSSR count). The van der Waals surface area contributed by atoms with Crippen LogP contribution >= 0.6 is 0 Å². The molecule has 0 fully saturated rings. The van der Waals surface area contributed by atoms with Crippen molar-refractivity contribution in [3.63, 3.8) is 0 Å². The van der Waals surface area contributed by atoms with E-state index in [-0.39, 0.29) is 6.15 Å². The van der Waals surface area contributed by atoms with Gasteiger partial charge in [-0.1, -0.05) is 0 Å². The summed E-state index contributed by atoms with van der Waals surface area (Å²) in [6, 6.07) is 3.42. The molecule has 10 heavy (non-hydrogen) atoms. The zero-order chi connectivity index (χ0) is 6.85. The number of hydrogen-bond donors (Lipinski definition) is 1. The fourth-order valence-corrected chi connectivity index (χ4v) is 0.692. The van der Waals surface area contributed by atoms with Crippen LogP contribution < -0.4 is 6.15 Å². The Morgan fingerprint density at radius 3 is 1.70 bits per heavy atom. The van der Waals surface area contributed by atoms with Gasteiger partial charge in [0.05, 0.1) is 0 Å². The third-order valence-electron chi connectivity index (χ3n) is 1.01. The van der Waals surface area contributed by atoms with Gasteiger partial charge in [-0.25, -0.2) is 8.78 Å². The molecule has 1 aromatic carbocycles. The van der Waals surface area contributed by atoms with E-state index in [1.807, 2.05) is 0 Å². The van der Waals surface area contributed by atoms with E-state index in [9.17, 15) is 8.78 Å². The lowest BCUT2D eigenvalue weighted by Gasteiger charge is -1.91. The molecule has 3 N–H and O–H groups in total. The summed E-state index contributed by atoms with van der Waals surface area (Å²) in [6.45, 7) is 1.64. The van der Waals surface area contributed by atoms with E-state index in [0.29, 0.717) is 5.56 Å². The van der Waals surface area contributed by atoms with E-state index < -0.39 is 11.6 Å². The van der Waals surface area contributed by atoms with Crippen LogP contribution in [0.15, 0.2) is 18.2 Å². The molecule has 0 aliphatic rings. The van der Waals surface area contributed by atoms with Crippen LogP contribution in [0.3, 0.4) is 0 Å². The van der Waals surface area contributed by atoms with E-state index in [4.69, 9.17) is 0 Å². The second kappa shape index (κ2) is 3.27. The monoisotopic (exact) mass is 145 g/mol. The SMILES string of the molecule is Cc1cc(F)cc(F)c1.N. The highest BCUT2D eigenvalue weighted by molar-refractivity contribution is 5.15. The molecule has 0 unspecified atom stereocenters. The Labute approximate surface area is 58.3 Å². The van der Waals surface area contributed by atoms with Gasteiger partial charge in [0.2, 0.25) is 0 Å². The molecule has 56 valence electrons. The van der Waals surface area contributed by atoms with Crippen LogP contribution in [-0.4, -0.2) is 0 Å². The van der Waals surface area contributed by atoms with E-state index >= 15 is 0 Å². The van der Waals surface area contributed by atoms with Crippen molar-refractivity contribution in [1.29, 1.82) is 0 Å². The minimum Gasteiger partial charge on any atom is -0.344 e. The molecule has 1 nitrogen and oxygen atoms in total. The zero-order valence-corrected chi connectivity index (χ0v) is 5.70. The molecule has 0 saturated heterocycles. The Morgan fingerprint density at radius 1 is 1.00 bits per heavy atom. The molecule has 0 aliphatic heterocycles. The van der Waals surface area contributed by atoms with E-state index in [2.05, 4.69) is 0 Å². The molecule has 0 aliphatic carbocycles. The first kappa shape index (κ1) is 9.04. The van der Waals surface area contributed by atoms with Gasteiger partial charge in [0.25, 0.3) is 0 Å². The third kappa shape index (κ3) is 2.11. The van der Waals surface area contributed by atoms with Crippen molar-refractivity contribution in [3.05, 3.63) is 35.4 Å². The van der Waals surface area contributed by atoms with E-state index in [1.54, 1.807) is 6.92 Å². The van der Waals surface area contributed by atoms with Gasteiger partial charge in [0.1, 0.15) is 11.6 Å². The first-order valence-electron chi connectivity index (χ1n) is 2.61. The standard InChI is InChI=1S/C7H6F2.H3N/c1-5-2-6(8)4-7(9)3-5;/h2-4H,1H3;1H3. The lowest BCUT2D eigenvalue weighted by molar-refractivity contribution is 0.581. The van der Waals surface area contributed by atoms with E-state index in [1.165, 1.54) is 12.1 Å². The second-order valence-electron chi connectivity index (χ2n) is 1.95. The molecule has 0 atom stereocenters. The first-order chi connectivity index (χ1) is 4.18. The van der Waals surface area contributed by atoms with Crippen molar-refractivity contribution >= 4 is 0 Å². The quantitative estimate of drug-likeness (QED) is 0.597. The van der Waals surface area contributed by atoms with Crippen molar-refractivity contribution < 1.29 is 8.78 Å². The Morgan fingerprint density at radius 2 is 1.40 bits per heavy atom. The topological polar surface area (TPSA) is 35.0 Å². The number of rotatable bonds is 0. The predicted molar refractivity (Wildman–Crippen MR) is 36.1 cm³/mol. The fourth-order valence-electron chi connectivity index (χ4n) is 0.692. The van der Waals surface area contributed by atoms with Crippen LogP contribution in [0.25, 0.3) is 0 Å². The summed E-state index contributed by atoms with van der Waals surface area (Å²) in [5.41, 5.74) is 0.604. The first-order valence-corrected chi connectivity index (χ1v) is 2.61. The van der Waals surface area contributed by atoms with Gasteiger partial charge in [0.15, 0.2) is 0 Å². The van der Waals surface area contributed by atoms with Gasteiger partial charge in [-0.15, -0.1) is 0 Å². The number of benzene rings is 1. The maximum absolute atomic E-state index is 12.2. The smallest absolute Gasteiger partial charge is 0.126 e. The molecule has 0 saturated carbocycles. The molecule has 0 heterocycles. The summed E-state index contributed by atoms with van der Waals surface area (Å²) in [5, 5.41) is 0. The van der Waals surface area contributed by atoms with E-state index in [0.717, 1.165) is 6.07 Å². The normalized spacial score (nSPS) is 8.70. The van der Waals surface area contributed by atoms with Crippen LogP contribution in [0.2, 0.25) is 0 Å². The molecule has 0 spiro atoms. The van der Waals surface area contributed by atoms with Crippen LogP contribution in [-0.2, 0) is 0 Å². The highest BCUT2D eigenvalue weighted by atomic mass is 19.1. The van der Waals surface area contributed by atoms with Crippen molar-refractivity contribution in [2.24, 2.45) is 0 Å². The Balaban J connectivity index is 0.000000810. The highest BCUT2D eigenvalue weighted by Gasteiger charge is 1.93. The molecule has 0 amide bonds. The predicted octanol–water partition coefficient (Wildman–Crippen LogP) is 2.44. The largest absolute Gasteiger partial charge is 0.344 e. The van der Waals surface area contributed by atoms with Crippen LogP contribution in [0.5, 0.6) is 0 Å². The molecular formula is C7H9F2N. The van der Waals surface area contributed by atoms with Gasteiger partial charge in [-0.2, -0.15) is 0 Å². The molecule has 1 aromatic rings. The van der Waals surface area contributed by atoms with Gasteiger partial charge in [-0.3, -0.25) is 0 Å². The summed E-state index contributed by atoms with van der Waals surface area (Å²) in [7, 11) is 0. The minimum absolute atomic E-state index is 0. The van der Waals surface area contributed by atoms with Crippen molar-refractivity contribution in [2.75, 3.05) is 0 Å². The molecular weight excluding hydrogens is 136 g/mol. The second-order valence-corrected chi connectivity index (χ2v) is 1.95. The van der Waals surface area contributed by atoms with Crippen molar-refractivity contribution in [1.82, 2.24) is 6.15 Å². The third-order valence-corrected chi connectivity index (χ3v) is 1.01. The average Bonchev–Trinajstić information content (AvgIpc) is 1.59.